The number of benzene rings is 1. The summed E-state index contributed by atoms with van der Waals surface area (Å²) in [6.07, 6.45) is 3.45. The Hall–Kier alpha value is -2.80. The molecule has 0 spiro atoms. The minimum atomic E-state index is -0.253. The predicted molar refractivity (Wildman–Crippen MR) is 98.1 cm³/mol. The number of amides is 1. The molecule has 8 heteroatoms. The lowest BCUT2D eigenvalue weighted by atomic mass is 10.1. The van der Waals surface area contributed by atoms with E-state index in [1.54, 1.807) is 35.3 Å². The van der Waals surface area contributed by atoms with Gasteiger partial charge in [-0.15, -0.1) is 0 Å². The van der Waals surface area contributed by atoms with Gasteiger partial charge in [-0.1, -0.05) is 23.7 Å². The number of nitrogens with one attached hydrogen (secondary N) is 1. The Kier molecular flexibility index (Phi) is 5.27. The fourth-order valence-corrected chi connectivity index (χ4v) is 2.73. The topological polar surface area (TPSA) is 74.0 Å². The molecule has 0 aliphatic carbocycles. The molecule has 2 aromatic heterocycles. The van der Waals surface area contributed by atoms with E-state index in [1.807, 2.05) is 33.0 Å². The molecule has 0 bridgehead atoms. The van der Waals surface area contributed by atoms with Crippen molar-refractivity contribution < 1.29 is 9.53 Å². The Labute approximate surface area is 156 Å². The third kappa shape index (κ3) is 3.88. The number of hydrogen-bond donors (Lipinski definition) is 1. The number of carbonyl (C=O) groups excluding carboxylic acids is 1. The van der Waals surface area contributed by atoms with Gasteiger partial charge in [-0.05, 0) is 32.0 Å². The molecule has 1 amide bonds. The molecule has 26 heavy (non-hydrogen) atoms. The number of aromatic nitrogens is 4. The average molecular weight is 374 g/mol. The molecular formula is C18H20ClN5O2. The largest absolute Gasteiger partial charge is 0.470 e. The highest BCUT2D eigenvalue weighted by Crippen LogP contribution is 2.23. The average Bonchev–Trinajstić information content (AvgIpc) is 3.22. The Morgan fingerprint density at radius 1 is 1.35 bits per heavy atom. The van der Waals surface area contributed by atoms with E-state index in [2.05, 4.69) is 15.5 Å². The van der Waals surface area contributed by atoms with Gasteiger partial charge in [0.1, 0.15) is 11.4 Å². The number of halogens is 1. The third-order valence-electron chi connectivity index (χ3n) is 4.15. The van der Waals surface area contributed by atoms with E-state index in [-0.39, 0.29) is 18.7 Å². The quantitative estimate of drug-likeness (QED) is 0.720. The van der Waals surface area contributed by atoms with Gasteiger partial charge in [-0.2, -0.15) is 10.2 Å². The Balaban J connectivity index is 1.61. The van der Waals surface area contributed by atoms with Crippen molar-refractivity contribution in [3.63, 3.8) is 0 Å². The van der Waals surface area contributed by atoms with Crippen LogP contribution in [0.2, 0.25) is 5.02 Å². The molecule has 136 valence electrons. The summed E-state index contributed by atoms with van der Waals surface area (Å²) in [7, 11) is 1.87. The lowest BCUT2D eigenvalue weighted by Crippen LogP contribution is -2.27. The second-order valence-corrected chi connectivity index (χ2v) is 6.36. The van der Waals surface area contributed by atoms with E-state index in [1.165, 1.54) is 4.68 Å². The van der Waals surface area contributed by atoms with Gasteiger partial charge in [-0.3, -0.25) is 9.48 Å². The molecule has 7 nitrogen and oxygen atoms in total. The first kappa shape index (κ1) is 18.0. The molecule has 0 aliphatic rings. The van der Waals surface area contributed by atoms with Gasteiger partial charge in [-0.25, -0.2) is 4.68 Å². The second-order valence-electron chi connectivity index (χ2n) is 5.95. The summed E-state index contributed by atoms with van der Waals surface area (Å²) < 4.78 is 8.93. The van der Waals surface area contributed by atoms with E-state index in [9.17, 15) is 4.79 Å². The highest BCUT2D eigenvalue weighted by atomic mass is 35.5. The molecule has 2 heterocycles. The Morgan fingerprint density at radius 2 is 2.12 bits per heavy atom. The van der Waals surface area contributed by atoms with Gasteiger partial charge in [0.15, 0.2) is 6.73 Å². The highest BCUT2D eigenvalue weighted by Gasteiger charge is 2.17. The van der Waals surface area contributed by atoms with Gasteiger partial charge < -0.3 is 10.1 Å². The van der Waals surface area contributed by atoms with Crippen LogP contribution in [0.1, 0.15) is 34.7 Å². The summed E-state index contributed by atoms with van der Waals surface area (Å²) >= 11 is 6.05. The van der Waals surface area contributed by atoms with Gasteiger partial charge in [0.25, 0.3) is 5.91 Å². The molecule has 1 N–H and O–H groups in total. The van der Waals surface area contributed by atoms with Crippen molar-refractivity contribution in [2.75, 3.05) is 0 Å². The van der Waals surface area contributed by atoms with Crippen LogP contribution in [-0.2, 0) is 13.8 Å². The van der Waals surface area contributed by atoms with Crippen LogP contribution in [0, 0.1) is 6.92 Å². The van der Waals surface area contributed by atoms with Crippen molar-refractivity contribution in [1.82, 2.24) is 24.9 Å². The van der Waals surface area contributed by atoms with Crippen LogP contribution in [0.3, 0.4) is 0 Å². The fourth-order valence-electron chi connectivity index (χ4n) is 2.54. The summed E-state index contributed by atoms with van der Waals surface area (Å²) in [4.78, 5) is 12.4. The maximum absolute atomic E-state index is 12.4. The van der Waals surface area contributed by atoms with Gasteiger partial charge in [0.05, 0.1) is 17.3 Å². The molecule has 0 radical (unpaired) electrons. The molecule has 1 unspecified atom stereocenters. The standard InChI is InChI=1S/C18H20ClN5O2/c1-12(14-10-20-23(3)13(14)2)21-18(25)16-8-9-24(22-16)11-26-17-7-5-4-6-15(17)19/h4-10,12H,11H2,1-3H3,(H,21,25). The van der Waals surface area contributed by atoms with E-state index < -0.39 is 0 Å². The van der Waals surface area contributed by atoms with Crippen molar-refractivity contribution in [1.29, 1.82) is 0 Å². The highest BCUT2D eigenvalue weighted by molar-refractivity contribution is 6.32. The number of rotatable bonds is 6. The molecule has 3 aromatic rings. The van der Waals surface area contributed by atoms with E-state index in [4.69, 9.17) is 16.3 Å². The van der Waals surface area contributed by atoms with Gasteiger partial charge >= 0.3 is 0 Å². The van der Waals surface area contributed by atoms with Crippen LogP contribution >= 0.6 is 11.6 Å². The number of carbonyl (C=O) groups is 1. The monoisotopic (exact) mass is 373 g/mol. The first-order chi connectivity index (χ1) is 12.5. The number of nitrogens with zero attached hydrogens (tertiary/aromatic N) is 4. The lowest BCUT2D eigenvalue weighted by molar-refractivity contribution is 0.0932. The van der Waals surface area contributed by atoms with Crippen LogP contribution in [0.15, 0.2) is 42.7 Å². The second kappa shape index (κ2) is 7.61. The smallest absolute Gasteiger partial charge is 0.272 e. The zero-order valence-corrected chi connectivity index (χ0v) is 15.6. The van der Waals surface area contributed by atoms with Crippen molar-refractivity contribution in [3.05, 3.63) is 64.7 Å². The zero-order valence-electron chi connectivity index (χ0n) is 14.8. The Bertz CT molecular complexity index is 918. The van der Waals surface area contributed by atoms with Crippen LogP contribution in [0.5, 0.6) is 5.75 Å². The summed E-state index contributed by atoms with van der Waals surface area (Å²) in [5.41, 5.74) is 2.31. The van der Waals surface area contributed by atoms with Crippen LogP contribution in [-0.4, -0.2) is 25.5 Å². The van der Waals surface area contributed by atoms with Crippen molar-refractivity contribution >= 4 is 17.5 Å². The Morgan fingerprint density at radius 3 is 2.81 bits per heavy atom. The predicted octanol–water partition coefficient (Wildman–Crippen LogP) is 3.11. The van der Waals surface area contributed by atoms with Crippen LogP contribution in [0.4, 0.5) is 0 Å². The van der Waals surface area contributed by atoms with Gasteiger partial charge in [0, 0.05) is 24.5 Å². The number of aryl methyl sites for hydroxylation is 1. The minimum absolute atomic E-state index is 0.161. The molecular weight excluding hydrogens is 354 g/mol. The summed E-state index contributed by atoms with van der Waals surface area (Å²) in [5, 5.41) is 11.9. The molecule has 0 aliphatic heterocycles. The number of para-hydroxylation sites is 1. The lowest BCUT2D eigenvalue weighted by Gasteiger charge is -2.12. The maximum Gasteiger partial charge on any atom is 0.272 e. The molecule has 3 rings (SSSR count). The van der Waals surface area contributed by atoms with E-state index in [0.717, 1.165) is 11.3 Å². The number of hydrogen-bond acceptors (Lipinski definition) is 4. The molecule has 1 aromatic carbocycles. The molecule has 0 fully saturated rings. The van der Waals surface area contributed by atoms with Crippen molar-refractivity contribution in [3.8, 4) is 5.75 Å². The first-order valence-electron chi connectivity index (χ1n) is 8.16. The van der Waals surface area contributed by atoms with Gasteiger partial charge in [0.2, 0.25) is 0 Å². The first-order valence-corrected chi connectivity index (χ1v) is 8.53. The maximum atomic E-state index is 12.4. The van der Waals surface area contributed by atoms with Crippen molar-refractivity contribution in [2.24, 2.45) is 7.05 Å². The third-order valence-corrected chi connectivity index (χ3v) is 4.46. The molecule has 0 saturated carbocycles. The summed E-state index contributed by atoms with van der Waals surface area (Å²) in [6.45, 7) is 4.04. The zero-order chi connectivity index (χ0) is 18.7. The van der Waals surface area contributed by atoms with Crippen molar-refractivity contribution in [2.45, 2.75) is 26.6 Å². The summed E-state index contributed by atoms with van der Waals surface area (Å²) in [5.74, 6) is 0.314. The molecule has 0 saturated heterocycles. The normalized spacial score (nSPS) is 12.0. The summed E-state index contributed by atoms with van der Waals surface area (Å²) in [6, 6.07) is 8.68. The number of ether oxygens (including phenoxy) is 1. The molecule has 1 atom stereocenters. The fraction of sp³-hybridized carbons (Fsp3) is 0.278. The minimum Gasteiger partial charge on any atom is -0.470 e. The SMILES string of the molecule is Cc1c(C(C)NC(=O)c2ccn(COc3ccccc3Cl)n2)cnn1C. The van der Waals surface area contributed by atoms with Crippen LogP contribution in [0.25, 0.3) is 0 Å². The van der Waals surface area contributed by atoms with E-state index in [0.29, 0.717) is 16.5 Å². The van der Waals surface area contributed by atoms with E-state index >= 15 is 0 Å². The van der Waals surface area contributed by atoms with Crippen LogP contribution < -0.4 is 10.1 Å².